The normalized spacial score (nSPS) is 21.9. The van der Waals surface area contributed by atoms with Gasteiger partial charge in [0, 0.05) is 25.7 Å². The first kappa shape index (κ1) is 12.3. The number of piperidine rings is 1. The van der Waals surface area contributed by atoms with Crippen LogP contribution >= 0.6 is 0 Å². The minimum atomic E-state index is 0.0365. The first-order valence-corrected chi connectivity index (χ1v) is 5.80. The zero-order chi connectivity index (χ0) is 11.3. The molecular formula is C11H22N2O2. The van der Waals surface area contributed by atoms with Crippen LogP contribution in [0, 0.1) is 0 Å². The maximum atomic E-state index is 11.7. The quantitative estimate of drug-likeness (QED) is 0.775. The fourth-order valence-electron chi connectivity index (χ4n) is 1.83. The average Bonchev–Trinajstić information content (AvgIpc) is 2.17. The number of amides is 2. The van der Waals surface area contributed by atoms with Crippen LogP contribution in [-0.2, 0) is 4.74 Å². The SMILES string of the molecule is CCOC1CCCN(C(=O)NC(C)C)C1. The van der Waals surface area contributed by atoms with Crippen molar-refractivity contribution in [2.45, 2.75) is 45.8 Å². The summed E-state index contributed by atoms with van der Waals surface area (Å²) in [4.78, 5) is 13.6. The van der Waals surface area contributed by atoms with E-state index in [1.165, 1.54) is 0 Å². The molecule has 0 aromatic carbocycles. The highest BCUT2D eigenvalue weighted by Gasteiger charge is 2.23. The molecule has 0 radical (unpaired) electrons. The van der Waals surface area contributed by atoms with E-state index in [1.54, 1.807) is 0 Å². The molecule has 0 saturated carbocycles. The summed E-state index contributed by atoms with van der Waals surface area (Å²) in [6.45, 7) is 8.25. The zero-order valence-corrected chi connectivity index (χ0v) is 9.95. The van der Waals surface area contributed by atoms with Gasteiger partial charge >= 0.3 is 6.03 Å². The third-order valence-electron chi connectivity index (χ3n) is 2.48. The number of carbonyl (C=O) groups is 1. The molecule has 1 unspecified atom stereocenters. The van der Waals surface area contributed by atoms with Crippen molar-refractivity contribution in [3.8, 4) is 0 Å². The number of urea groups is 1. The van der Waals surface area contributed by atoms with E-state index < -0.39 is 0 Å². The molecule has 4 heteroatoms. The van der Waals surface area contributed by atoms with E-state index in [0.717, 1.165) is 32.5 Å². The van der Waals surface area contributed by atoms with E-state index in [0.29, 0.717) is 0 Å². The highest BCUT2D eigenvalue weighted by atomic mass is 16.5. The summed E-state index contributed by atoms with van der Waals surface area (Å²) in [7, 11) is 0. The van der Waals surface area contributed by atoms with Gasteiger partial charge in [0.15, 0.2) is 0 Å². The number of nitrogens with one attached hydrogen (secondary N) is 1. The predicted octanol–water partition coefficient (Wildman–Crippen LogP) is 1.61. The first-order chi connectivity index (χ1) is 7.13. The molecular weight excluding hydrogens is 192 g/mol. The second-order valence-electron chi connectivity index (χ2n) is 4.27. The zero-order valence-electron chi connectivity index (χ0n) is 9.95. The summed E-state index contributed by atoms with van der Waals surface area (Å²) in [5.74, 6) is 0. The third-order valence-corrected chi connectivity index (χ3v) is 2.48. The smallest absolute Gasteiger partial charge is 0.317 e. The van der Waals surface area contributed by atoms with Crippen LogP contribution in [0.4, 0.5) is 4.79 Å². The molecule has 1 heterocycles. The van der Waals surface area contributed by atoms with Gasteiger partial charge in [0.05, 0.1) is 6.10 Å². The second kappa shape index (κ2) is 5.95. The van der Waals surface area contributed by atoms with Crippen molar-refractivity contribution in [1.82, 2.24) is 10.2 Å². The molecule has 0 bridgehead atoms. The third kappa shape index (κ3) is 4.08. The number of nitrogens with zero attached hydrogens (tertiary/aromatic N) is 1. The average molecular weight is 214 g/mol. The summed E-state index contributed by atoms with van der Waals surface area (Å²) < 4.78 is 5.55. The molecule has 15 heavy (non-hydrogen) atoms. The Bertz CT molecular complexity index is 205. The molecule has 0 aromatic heterocycles. The van der Waals surface area contributed by atoms with Crippen LogP contribution < -0.4 is 5.32 Å². The van der Waals surface area contributed by atoms with Crippen molar-refractivity contribution in [3.05, 3.63) is 0 Å². The predicted molar refractivity (Wildman–Crippen MR) is 59.9 cm³/mol. The maximum Gasteiger partial charge on any atom is 0.317 e. The van der Waals surface area contributed by atoms with Gasteiger partial charge in [-0.1, -0.05) is 0 Å². The van der Waals surface area contributed by atoms with Gasteiger partial charge in [0.25, 0.3) is 0 Å². The Morgan fingerprint density at radius 3 is 2.93 bits per heavy atom. The van der Waals surface area contributed by atoms with Gasteiger partial charge in [-0.3, -0.25) is 0 Å². The summed E-state index contributed by atoms with van der Waals surface area (Å²) in [5, 5.41) is 2.91. The molecule has 88 valence electrons. The summed E-state index contributed by atoms with van der Waals surface area (Å²) in [6.07, 6.45) is 2.33. The standard InChI is InChI=1S/C11H22N2O2/c1-4-15-10-6-5-7-13(8-10)11(14)12-9(2)3/h9-10H,4-8H2,1-3H3,(H,12,14). The van der Waals surface area contributed by atoms with E-state index in [1.807, 2.05) is 25.7 Å². The Morgan fingerprint density at radius 1 is 1.60 bits per heavy atom. The minimum Gasteiger partial charge on any atom is -0.377 e. The van der Waals surface area contributed by atoms with Crippen LogP contribution in [0.5, 0.6) is 0 Å². The number of ether oxygens (including phenoxy) is 1. The van der Waals surface area contributed by atoms with Gasteiger partial charge in [-0.15, -0.1) is 0 Å². The highest BCUT2D eigenvalue weighted by molar-refractivity contribution is 5.74. The Kier molecular flexibility index (Phi) is 4.88. The summed E-state index contributed by atoms with van der Waals surface area (Å²) in [5.41, 5.74) is 0. The van der Waals surface area contributed by atoms with Gasteiger partial charge in [0.1, 0.15) is 0 Å². The van der Waals surface area contributed by atoms with E-state index in [2.05, 4.69) is 5.32 Å². The number of hydrogen-bond acceptors (Lipinski definition) is 2. The molecule has 0 aliphatic carbocycles. The molecule has 1 fully saturated rings. The Hall–Kier alpha value is -0.770. The summed E-state index contributed by atoms with van der Waals surface area (Å²) in [6, 6.07) is 0.236. The maximum absolute atomic E-state index is 11.7. The Morgan fingerprint density at radius 2 is 2.33 bits per heavy atom. The van der Waals surface area contributed by atoms with Crippen LogP contribution in [0.1, 0.15) is 33.6 Å². The lowest BCUT2D eigenvalue weighted by atomic mass is 10.1. The largest absolute Gasteiger partial charge is 0.377 e. The molecule has 1 saturated heterocycles. The molecule has 1 atom stereocenters. The molecule has 2 amide bonds. The lowest BCUT2D eigenvalue weighted by Crippen LogP contribution is -2.49. The van der Waals surface area contributed by atoms with E-state index in [-0.39, 0.29) is 18.2 Å². The van der Waals surface area contributed by atoms with Crippen LogP contribution in [0.25, 0.3) is 0 Å². The minimum absolute atomic E-state index is 0.0365. The van der Waals surface area contributed by atoms with Crippen LogP contribution in [0.2, 0.25) is 0 Å². The van der Waals surface area contributed by atoms with Gasteiger partial charge in [-0.05, 0) is 33.6 Å². The molecule has 4 nitrogen and oxygen atoms in total. The van der Waals surface area contributed by atoms with Crippen LogP contribution in [0.3, 0.4) is 0 Å². The van der Waals surface area contributed by atoms with Crippen molar-refractivity contribution in [2.24, 2.45) is 0 Å². The van der Waals surface area contributed by atoms with Crippen molar-refractivity contribution in [2.75, 3.05) is 19.7 Å². The molecule has 1 rings (SSSR count). The van der Waals surface area contributed by atoms with E-state index >= 15 is 0 Å². The molecule has 1 aliphatic rings. The fraction of sp³-hybridized carbons (Fsp3) is 0.909. The molecule has 1 N–H and O–H groups in total. The molecule has 0 aromatic rings. The Labute approximate surface area is 92.0 Å². The van der Waals surface area contributed by atoms with Gasteiger partial charge in [-0.2, -0.15) is 0 Å². The number of carbonyl (C=O) groups excluding carboxylic acids is 1. The van der Waals surface area contributed by atoms with Crippen molar-refractivity contribution in [1.29, 1.82) is 0 Å². The van der Waals surface area contributed by atoms with E-state index in [4.69, 9.17) is 4.74 Å². The topological polar surface area (TPSA) is 41.6 Å². The summed E-state index contributed by atoms with van der Waals surface area (Å²) >= 11 is 0. The van der Waals surface area contributed by atoms with Crippen LogP contribution in [-0.4, -0.2) is 42.8 Å². The number of likely N-dealkylation sites (tertiary alicyclic amines) is 1. The Balaban J connectivity index is 2.38. The monoisotopic (exact) mass is 214 g/mol. The number of hydrogen-bond donors (Lipinski definition) is 1. The lowest BCUT2D eigenvalue weighted by molar-refractivity contribution is 0.0162. The second-order valence-corrected chi connectivity index (χ2v) is 4.27. The van der Waals surface area contributed by atoms with Crippen molar-refractivity contribution < 1.29 is 9.53 Å². The molecule has 0 spiro atoms. The fourth-order valence-corrected chi connectivity index (χ4v) is 1.83. The first-order valence-electron chi connectivity index (χ1n) is 5.80. The van der Waals surface area contributed by atoms with Gasteiger partial charge in [0.2, 0.25) is 0 Å². The molecule has 1 aliphatic heterocycles. The van der Waals surface area contributed by atoms with Crippen molar-refractivity contribution >= 4 is 6.03 Å². The lowest BCUT2D eigenvalue weighted by Gasteiger charge is -2.33. The van der Waals surface area contributed by atoms with Gasteiger partial charge in [-0.25, -0.2) is 4.79 Å². The number of rotatable bonds is 3. The highest BCUT2D eigenvalue weighted by Crippen LogP contribution is 2.13. The van der Waals surface area contributed by atoms with Crippen LogP contribution in [0.15, 0.2) is 0 Å². The van der Waals surface area contributed by atoms with E-state index in [9.17, 15) is 4.79 Å². The van der Waals surface area contributed by atoms with Crippen molar-refractivity contribution in [3.63, 3.8) is 0 Å². The van der Waals surface area contributed by atoms with Gasteiger partial charge < -0.3 is 15.0 Å².